The van der Waals surface area contributed by atoms with E-state index in [-0.39, 0.29) is 30.8 Å². The minimum absolute atomic E-state index is 0.0505. The number of carbonyl (C=O) groups excluding carboxylic acids is 2. The maximum absolute atomic E-state index is 11.8. The molecule has 0 spiro atoms. The van der Waals surface area contributed by atoms with Crippen LogP contribution in [0.1, 0.15) is 79.6 Å². The summed E-state index contributed by atoms with van der Waals surface area (Å²) in [5.74, 6) is -0.362. The van der Waals surface area contributed by atoms with Crippen LogP contribution in [0.15, 0.2) is 0 Å². The summed E-state index contributed by atoms with van der Waals surface area (Å²) in [6.07, 6.45) is 5.68. The summed E-state index contributed by atoms with van der Waals surface area (Å²) in [7, 11) is 0. The van der Waals surface area contributed by atoms with Crippen molar-refractivity contribution in [2.45, 2.75) is 91.2 Å². The predicted octanol–water partition coefficient (Wildman–Crippen LogP) is 3.58. The molecule has 0 aromatic carbocycles. The molecule has 0 aliphatic rings. The van der Waals surface area contributed by atoms with E-state index >= 15 is 0 Å². The third kappa shape index (κ3) is 10.8. The van der Waals surface area contributed by atoms with Gasteiger partial charge in [-0.05, 0) is 33.6 Å². The highest BCUT2D eigenvalue weighted by atomic mass is 16.6. The molecule has 4 nitrogen and oxygen atoms in total. The molecule has 0 aromatic rings. The van der Waals surface area contributed by atoms with Gasteiger partial charge < -0.3 is 10.1 Å². The number of unbranched alkanes of at least 4 members (excludes halogenated alkanes) is 1. The number of rotatable bonds is 9. The van der Waals surface area contributed by atoms with Crippen LogP contribution in [0.5, 0.6) is 0 Å². The SMILES string of the molecule is CCCCC(CCC)NC(=O)CCC(=O)OC(C)(C)C. The van der Waals surface area contributed by atoms with Crippen molar-refractivity contribution in [3.63, 3.8) is 0 Å². The number of hydrogen-bond donors (Lipinski definition) is 1. The number of esters is 1. The Labute approximate surface area is 123 Å². The summed E-state index contributed by atoms with van der Waals surface area (Å²) >= 11 is 0. The van der Waals surface area contributed by atoms with Crippen LogP contribution >= 0.6 is 0 Å². The van der Waals surface area contributed by atoms with Gasteiger partial charge in [-0.1, -0.05) is 33.1 Å². The van der Waals surface area contributed by atoms with Crippen LogP contribution in [-0.4, -0.2) is 23.5 Å². The van der Waals surface area contributed by atoms with Gasteiger partial charge in [-0.3, -0.25) is 9.59 Å². The highest BCUT2D eigenvalue weighted by Gasteiger charge is 2.18. The summed E-state index contributed by atoms with van der Waals surface area (Å²) in [4.78, 5) is 23.4. The average Bonchev–Trinajstić information content (AvgIpc) is 2.31. The van der Waals surface area contributed by atoms with Crippen molar-refractivity contribution in [1.82, 2.24) is 5.32 Å². The van der Waals surface area contributed by atoms with Crippen molar-refractivity contribution >= 4 is 11.9 Å². The summed E-state index contributed by atoms with van der Waals surface area (Å²) in [6, 6.07) is 0.242. The van der Waals surface area contributed by atoms with Crippen LogP contribution in [0.25, 0.3) is 0 Å². The van der Waals surface area contributed by atoms with Crippen molar-refractivity contribution < 1.29 is 14.3 Å². The zero-order valence-electron chi connectivity index (χ0n) is 13.8. The second kappa shape index (κ2) is 9.78. The van der Waals surface area contributed by atoms with E-state index in [1.54, 1.807) is 0 Å². The van der Waals surface area contributed by atoms with E-state index in [4.69, 9.17) is 4.74 Å². The summed E-state index contributed by atoms with van der Waals surface area (Å²) in [5, 5.41) is 3.02. The minimum Gasteiger partial charge on any atom is -0.460 e. The standard InChI is InChI=1S/C16H31NO3/c1-6-8-10-13(9-7-2)17-14(18)11-12-15(19)20-16(3,4)5/h13H,6-12H2,1-5H3,(H,17,18). The Kier molecular flexibility index (Phi) is 9.26. The van der Waals surface area contributed by atoms with Gasteiger partial charge in [0.1, 0.15) is 5.60 Å². The van der Waals surface area contributed by atoms with Gasteiger partial charge in [-0.2, -0.15) is 0 Å². The van der Waals surface area contributed by atoms with Crippen LogP contribution in [-0.2, 0) is 14.3 Å². The first-order chi connectivity index (χ1) is 9.28. The molecular weight excluding hydrogens is 254 g/mol. The van der Waals surface area contributed by atoms with E-state index in [0.29, 0.717) is 0 Å². The molecule has 0 aliphatic heterocycles. The molecule has 118 valence electrons. The molecule has 4 heteroatoms. The first-order valence-corrected chi connectivity index (χ1v) is 7.79. The van der Waals surface area contributed by atoms with Crippen molar-refractivity contribution in [2.75, 3.05) is 0 Å². The second-order valence-electron chi connectivity index (χ2n) is 6.28. The van der Waals surface area contributed by atoms with Gasteiger partial charge in [0.2, 0.25) is 5.91 Å². The Bertz CT molecular complexity index is 295. The lowest BCUT2D eigenvalue weighted by Crippen LogP contribution is -2.35. The molecule has 0 saturated heterocycles. The van der Waals surface area contributed by atoms with Gasteiger partial charge in [-0.15, -0.1) is 0 Å². The van der Waals surface area contributed by atoms with Gasteiger partial charge in [0, 0.05) is 12.5 Å². The Hall–Kier alpha value is -1.06. The van der Waals surface area contributed by atoms with E-state index in [9.17, 15) is 9.59 Å². The third-order valence-electron chi connectivity index (χ3n) is 2.88. The van der Waals surface area contributed by atoms with Gasteiger partial charge in [0.15, 0.2) is 0 Å². The largest absolute Gasteiger partial charge is 0.460 e. The zero-order valence-corrected chi connectivity index (χ0v) is 13.8. The number of nitrogens with one attached hydrogen (secondary N) is 1. The molecule has 0 heterocycles. The minimum atomic E-state index is -0.487. The normalized spacial score (nSPS) is 12.8. The van der Waals surface area contributed by atoms with Crippen molar-refractivity contribution in [3.8, 4) is 0 Å². The van der Waals surface area contributed by atoms with Crippen molar-refractivity contribution in [3.05, 3.63) is 0 Å². The van der Waals surface area contributed by atoms with E-state index in [1.165, 1.54) is 0 Å². The first-order valence-electron chi connectivity index (χ1n) is 7.79. The Morgan fingerprint density at radius 1 is 1.05 bits per heavy atom. The number of ether oxygens (including phenoxy) is 1. The third-order valence-corrected chi connectivity index (χ3v) is 2.88. The Morgan fingerprint density at radius 2 is 1.70 bits per heavy atom. The van der Waals surface area contributed by atoms with Gasteiger partial charge >= 0.3 is 5.97 Å². The molecule has 0 aromatic heterocycles. The average molecular weight is 285 g/mol. The highest BCUT2D eigenvalue weighted by molar-refractivity contribution is 5.81. The second-order valence-corrected chi connectivity index (χ2v) is 6.28. The number of hydrogen-bond acceptors (Lipinski definition) is 3. The molecule has 1 amide bonds. The van der Waals surface area contributed by atoms with E-state index in [2.05, 4.69) is 19.2 Å². The molecule has 0 rings (SSSR count). The lowest BCUT2D eigenvalue weighted by molar-refractivity contribution is -0.155. The fourth-order valence-corrected chi connectivity index (χ4v) is 2.00. The molecule has 20 heavy (non-hydrogen) atoms. The van der Waals surface area contributed by atoms with E-state index in [0.717, 1.165) is 32.1 Å². The maximum Gasteiger partial charge on any atom is 0.306 e. The zero-order chi connectivity index (χ0) is 15.6. The molecule has 0 fully saturated rings. The number of amides is 1. The van der Waals surface area contributed by atoms with Crippen LogP contribution < -0.4 is 5.32 Å². The topological polar surface area (TPSA) is 55.4 Å². The Morgan fingerprint density at radius 3 is 2.20 bits per heavy atom. The monoisotopic (exact) mass is 285 g/mol. The van der Waals surface area contributed by atoms with Gasteiger partial charge in [0.25, 0.3) is 0 Å². The first kappa shape index (κ1) is 18.9. The molecule has 0 aliphatic carbocycles. The molecule has 1 N–H and O–H groups in total. The predicted molar refractivity (Wildman–Crippen MR) is 81.4 cm³/mol. The van der Waals surface area contributed by atoms with E-state index < -0.39 is 5.60 Å². The molecular formula is C16H31NO3. The Balaban J connectivity index is 4.03. The van der Waals surface area contributed by atoms with Crippen molar-refractivity contribution in [1.29, 1.82) is 0 Å². The van der Waals surface area contributed by atoms with Crippen LogP contribution in [0.3, 0.4) is 0 Å². The molecule has 1 unspecified atom stereocenters. The van der Waals surface area contributed by atoms with Gasteiger partial charge in [0.05, 0.1) is 6.42 Å². The number of carbonyl (C=O) groups is 2. The lowest BCUT2D eigenvalue weighted by atomic mass is 10.0. The fourth-order valence-electron chi connectivity index (χ4n) is 2.00. The molecule has 0 saturated carbocycles. The summed E-state index contributed by atoms with van der Waals surface area (Å²) in [5.41, 5.74) is -0.487. The molecule has 0 bridgehead atoms. The quantitative estimate of drug-likeness (QED) is 0.659. The van der Waals surface area contributed by atoms with Gasteiger partial charge in [-0.25, -0.2) is 0 Å². The highest BCUT2D eigenvalue weighted by Crippen LogP contribution is 2.10. The fraction of sp³-hybridized carbons (Fsp3) is 0.875. The van der Waals surface area contributed by atoms with Crippen molar-refractivity contribution in [2.24, 2.45) is 0 Å². The smallest absolute Gasteiger partial charge is 0.306 e. The van der Waals surface area contributed by atoms with Crippen LogP contribution in [0, 0.1) is 0 Å². The van der Waals surface area contributed by atoms with Crippen LogP contribution in [0.2, 0.25) is 0 Å². The lowest BCUT2D eigenvalue weighted by Gasteiger charge is -2.20. The summed E-state index contributed by atoms with van der Waals surface area (Å²) in [6.45, 7) is 9.74. The van der Waals surface area contributed by atoms with E-state index in [1.807, 2.05) is 20.8 Å². The molecule has 0 radical (unpaired) electrons. The van der Waals surface area contributed by atoms with Crippen LogP contribution in [0.4, 0.5) is 0 Å². The maximum atomic E-state index is 11.8. The summed E-state index contributed by atoms with van der Waals surface area (Å²) < 4.78 is 5.19. The molecule has 1 atom stereocenters.